The number of nitrogens with zero attached hydrogens (tertiary/aromatic N) is 1. The van der Waals surface area contributed by atoms with Gasteiger partial charge in [0, 0.05) is 12.6 Å². The summed E-state index contributed by atoms with van der Waals surface area (Å²) in [4.78, 5) is 0.321. The van der Waals surface area contributed by atoms with E-state index in [-0.39, 0.29) is 12.6 Å². The Bertz CT molecular complexity index is 600. The predicted octanol–water partition coefficient (Wildman–Crippen LogP) is 4.85. The maximum Gasteiger partial charge on any atom is 0.243 e. The Balaban J connectivity index is 2.07. The normalized spacial score (nSPS) is 22.6. The molecule has 1 aliphatic heterocycles. The number of rotatable bonds is 8. The lowest BCUT2D eigenvalue weighted by atomic mass is 9.97. The molecule has 0 spiro atoms. The number of benzene rings is 1. The van der Waals surface area contributed by atoms with Crippen molar-refractivity contribution in [3.05, 3.63) is 29.8 Å². The van der Waals surface area contributed by atoms with Gasteiger partial charge in [-0.2, -0.15) is 4.31 Å². The van der Waals surface area contributed by atoms with E-state index in [9.17, 15) is 12.8 Å². The first kappa shape index (κ1) is 19.4. The molecule has 1 aromatic carbocycles. The molecule has 0 bridgehead atoms. The molecule has 0 radical (unpaired) electrons. The molecule has 24 heavy (non-hydrogen) atoms. The first-order chi connectivity index (χ1) is 11.4. The third kappa shape index (κ3) is 5.03. The van der Waals surface area contributed by atoms with E-state index in [0.29, 0.717) is 17.7 Å². The van der Waals surface area contributed by atoms with Crippen molar-refractivity contribution in [2.75, 3.05) is 6.54 Å². The van der Waals surface area contributed by atoms with Gasteiger partial charge in [0.25, 0.3) is 0 Å². The molecule has 1 saturated heterocycles. The summed E-state index contributed by atoms with van der Waals surface area (Å²) in [5, 5.41) is 0. The van der Waals surface area contributed by atoms with Gasteiger partial charge in [-0.3, -0.25) is 0 Å². The zero-order valence-corrected chi connectivity index (χ0v) is 15.7. The van der Waals surface area contributed by atoms with E-state index in [1.54, 1.807) is 16.4 Å². The van der Waals surface area contributed by atoms with Gasteiger partial charge >= 0.3 is 0 Å². The van der Waals surface area contributed by atoms with E-state index in [1.165, 1.54) is 19.3 Å². The van der Waals surface area contributed by atoms with E-state index in [1.807, 2.05) is 19.1 Å². The van der Waals surface area contributed by atoms with Gasteiger partial charge < -0.3 is 0 Å². The molecule has 0 aliphatic carbocycles. The maximum absolute atomic E-state index is 13.9. The second-order valence-electron chi connectivity index (χ2n) is 6.91. The number of halogens is 1. The average molecular weight is 356 g/mol. The summed E-state index contributed by atoms with van der Waals surface area (Å²) >= 11 is 0. The molecule has 1 aliphatic rings. The molecule has 136 valence electrons. The lowest BCUT2D eigenvalue weighted by Gasteiger charge is -2.36. The minimum absolute atomic E-state index is 0.207. The maximum atomic E-state index is 13.9. The number of hydrogen-bond acceptors (Lipinski definition) is 2. The van der Waals surface area contributed by atoms with E-state index >= 15 is 0 Å². The lowest BCUT2D eigenvalue weighted by Crippen LogP contribution is -2.46. The lowest BCUT2D eigenvalue weighted by molar-refractivity contribution is 0.147. The molecule has 0 saturated carbocycles. The van der Waals surface area contributed by atoms with Crippen molar-refractivity contribution in [3.8, 4) is 0 Å². The molecular weight excluding hydrogens is 325 g/mol. The SMILES string of the molecule is CCCCCCC[C@H]1C[C@@H](F)CCN1S(=O)(=O)c1ccc(C)cc1. The van der Waals surface area contributed by atoms with E-state index in [0.717, 1.165) is 24.8 Å². The Morgan fingerprint density at radius 3 is 2.46 bits per heavy atom. The van der Waals surface area contributed by atoms with Crippen molar-refractivity contribution >= 4 is 10.0 Å². The number of aryl methyl sites for hydroxylation is 1. The van der Waals surface area contributed by atoms with Crippen LogP contribution in [0.15, 0.2) is 29.2 Å². The fraction of sp³-hybridized carbons (Fsp3) is 0.684. The number of unbranched alkanes of at least 4 members (excludes halogenated alkanes) is 4. The minimum atomic E-state index is -3.53. The Morgan fingerprint density at radius 1 is 1.12 bits per heavy atom. The Hall–Kier alpha value is -0.940. The molecule has 5 heteroatoms. The number of alkyl halides is 1. The molecule has 1 heterocycles. The molecule has 0 aromatic heterocycles. The molecule has 0 unspecified atom stereocenters. The molecule has 2 atom stereocenters. The van der Waals surface area contributed by atoms with Crippen molar-refractivity contribution < 1.29 is 12.8 Å². The fourth-order valence-corrected chi connectivity index (χ4v) is 5.07. The van der Waals surface area contributed by atoms with Crippen molar-refractivity contribution in [1.29, 1.82) is 0 Å². The monoisotopic (exact) mass is 355 g/mol. The summed E-state index contributed by atoms with van der Waals surface area (Å²) in [6.45, 7) is 4.39. The average Bonchev–Trinajstić information content (AvgIpc) is 2.55. The van der Waals surface area contributed by atoms with Crippen LogP contribution in [0.2, 0.25) is 0 Å². The summed E-state index contributed by atoms with van der Waals surface area (Å²) in [6, 6.07) is 6.74. The third-order valence-corrected chi connectivity index (χ3v) is 6.83. The fourth-order valence-electron chi connectivity index (χ4n) is 3.39. The Labute approximate surface area is 146 Å². The van der Waals surface area contributed by atoms with Crippen molar-refractivity contribution in [2.45, 2.75) is 82.3 Å². The Morgan fingerprint density at radius 2 is 1.79 bits per heavy atom. The summed E-state index contributed by atoms with van der Waals surface area (Å²) in [6.07, 6.45) is 6.15. The molecule has 0 amide bonds. The molecular formula is C19H30FNO2S. The van der Waals surface area contributed by atoms with Crippen molar-refractivity contribution in [2.24, 2.45) is 0 Å². The van der Waals surface area contributed by atoms with Gasteiger partial charge in [0.05, 0.1) is 4.90 Å². The molecule has 1 aromatic rings. The van der Waals surface area contributed by atoms with Crippen LogP contribution in [0.25, 0.3) is 0 Å². The minimum Gasteiger partial charge on any atom is -0.247 e. The second kappa shape index (κ2) is 8.95. The standard InChI is InChI=1S/C19H30FNO2S/c1-3-4-5-6-7-8-18-15-17(20)13-14-21(18)24(22,23)19-11-9-16(2)10-12-19/h9-12,17-18H,3-8,13-15H2,1-2H3/t17-,18-/m0/s1. The van der Waals surface area contributed by atoms with Gasteiger partial charge in [-0.15, -0.1) is 0 Å². The zero-order chi connectivity index (χ0) is 17.6. The van der Waals surface area contributed by atoms with Crippen LogP contribution in [0.4, 0.5) is 4.39 Å². The van der Waals surface area contributed by atoms with Crippen LogP contribution in [-0.4, -0.2) is 31.5 Å². The third-order valence-electron chi connectivity index (χ3n) is 4.87. The smallest absolute Gasteiger partial charge is 0.243 e. The predicted molar refractivity (Wildman–Crippen MR) is 96.4 cm³/mol. The molecule has 0 N–H and O–H groups in total. The van der Waals surface area contributed by atoms with Crippen LogP contribution in [-0.2, 0) is 10.0 Å². The quantitative estimate of drug-likeness (QED) is 0.625. The first-order valence-electron chi connectivity index (χ1n) is 9.17. The summed E-state index contributed by atoms with van der Waals surface area (Å²) in [5.74, 6) is 0. The number of piperidine rings is 1. The van der Waals surface area contributed by atoms with Crippen LogP contribution < -0.4 is 0 Å². The second-order valence-corrected chi connectivity index (χ2v) is 8.80. The largest absolute Gasteiger partial charge is 0.247 e. The number of hydrogen-bond donors (Lipinski definition) is 0. The highest BCUT2D eigenvalue weighted by Crippen LogP contribution is 2.30. The van der Waals surface area contributed by atoms with Gasteiger partial charge in [-0.25, -0.2) is 12.8 Å². The summed E-state index contributed by atoms with van der Waals surface area (Å²) < 4.78 is 41.3. The van der Waals surface area contributed by atoms with Crippen LogP contribution >= 0.6 is 0 Å². The van der Waals surface area contributed by atoms with E-state index < -0.39 is 16.2 Å². The van der Waals surface area contributed by atoms with Crippen LogP contribution in [0.3, 0.4) is 0 Å². The number of sulfonamides is 1. The van der Waals surface area contributed by atoms with Gasteiger partial charge in [-0.05, 0) is 38.3 Å². The van der Waals surface area contributed by atoms with Crippen LogP contribution in [0.1, 0.15) is 63.9 Å². The topological polar surface area (TPSA) is 37.4 Å². The van der Waals surface area contributed by atoms with Gasteiger partial charge in [-0.1, -0.05) is 56.7 Å². The van der Waals surface area contributed by atoms with Crippen molar-refractivity contribution in [3.63, 3.8) is 0 Å². The molecule has 3 nitrogen and oxygen atoms in total. The van der Waals surface area contributed by atoms with Gasteiger partial charge in [0.1, 0.15) is 6.17 Å². The Kier molecular flexibility index (Phi) is 7.23. The molecule has 2 rings (SSSR count). The zero-order valence-electron chi connectivity index (χ0n) is 14.9. The highest BCUT2D eigenvalue weighted by atomic mass is 32.2. The highest BCUT2D eigenvalue weighted by Gasteiger charge is 2.36. The van der Waals surface area contributed by atoms with Crippen LogP contribution in [0.5, 0.6) is 0 Å². The van der Waals surface area contributed by atoms with Gasteiger partial charge in [0.15, 0.2) is 0 Å². The van der Waals surface area contributed by atoms with E-state index in [4.69, 9.17) is 0 Å². The molecule has 1 fully saturated rings. The summed E-state index contributed by atoms with van der Waals surface area (Å²) in [7, 11) is -3.53. The first-order valence-corrected chi connectivity index (χ1v) is 10.6. The highest BCUT2D eigenvalue weighted by molar-refractivity contribution is 7.89. The van der Waals surface area contributed by atoms with Crippen molar-refractivity contribution in [1.82, 2.24) is 4.31 Å². The van der Waals surface area contributed by atoms with Gasteiger partial charge in [0.2, 0.25) is 10.0 Å². The van der Waals surface area contributed by atoms with Crippen LogP contribution in [0, 0.1) is 6.92 Å². The van der Waals surface area contributed by atoms with E-state index in [2.05, 4.69) is 6.92 Å². The summed E-state index contributed by atoms with van der Waals surface area (Å²) in [5.41, 5.74) is 1.03.